The van der Waals surface area contributed by atoms with Crippen LogP contribution in [0, 0.1) is 18.7 Å². The topological polar surface area (TPSA) is 87.6 Å². The fourth-order valence-electron chi connectivity index (χ4n) is 5.23. The molecule has 2 aliphatic rings. The standard InChI is InChI=1S/C25H31ClFN5O3/c1-16-12-19(34-29-16)13-24(33)28-18-4-2-17(3-5-18)6-7-31-8-10-32(11-9-31)25-20-14-21(26)22(27)15-23(20)35-30-25/h12,14-15,17-18H,2-11,13H2,1H3,(H,28,33)/t17-,18-. The lowest BCUT2D eigenvalue weighted by Crippen LogP contribution is -2.47. The fourth-order valence-corrected chi connectivity index (χ4v) is 5.39. The Morgan fingerprint density at radius 2 is 1.89 bits per heavy atom. The molecule has 0 bridgehead atoms. The third-order valence-electron chi connectivity index (χ3n) is 7.24. The Balaban J connectivity index is 1.02. The Morgan fingerprint density at radius 3 is 2.60 bits per heavy atom. The van der Waals surface area contributed by atoms with E-state index in [9.17, 15) is 9.18 Å². The van der Waals surface area contributed by atoms with Crippen molar-refractivity contribution in [3.05, 3.63) is 40.5 Å². The summed E-state index contributed by atoms with van der Waals surface area (Å²) in [6, 6.07) is 4.95. The van der Waals surface area contributed by atoms with E-state index in [2.05, 4.69) is 25.4 Å². The van der Waals surface area contributed by atoms with Gasteiger partial charge in [-0.05, 0) is 57.6 Å². The van der Waals surface area contributed by atoms with Crippen LogP contribution < -0.4 is 10.2 Å². The van der Waals surface area contributed by atoms with Crippen LogP contribution in [0.2, 0.25) is 5.02 Å². The van der Waals surface area contributed by atoms with Crippen LogP contribution in [0.1, 0.15) is 43.6 Å². The summed E-state index contributed by atoms with van der Waals surface area (Å²) in [6.45, 7) is 6.53. The summed E-state index contributed by atoms with van der Waals surface area (Å²) < 4.78 is 24.1. The second-order valence-electron chi connectivity index (χ2n) is 9.78. The number of fused-ring (bicyclic) bond motifs is 1. The van der Waals surface area contributed by atoms with Crippen LogP contribution >= 0.6 is 11.6 Å². The number of nitrogens with one attached hydrogen (secondary N) is 1. The zero-order valence-corrected chi connectivity index (χ0v) is 20.7. The van der Waals surface area contributed by atoms with Gasteiger partial charge in [0.15, 0.2) is 11.4 Å². The quantitative estimate of drug-likeness (QED) is 0.513. The minimum absolute atomic E-state index is 0.00904. The van der Waals surface area contributed by atoms with Gasteiger partial charge in [-0.25, -0.2) is 4.39 Å². The first kappa shape index (κ1) is 24.1. The molecule has 8 nitrogen and oxygen atoms in total. The molecule has 0 radical (unpaired) electrons. The zero-order chi connectivity index (χ0) is 24.4. The first-order valence-corrected chi connectivity index (χ1v) is 12.8. The molecule has 188 valence electrons. The smallest absolute Gasteiger partial charge is 0.227 e. The van der Waals surface area contributed by atoms with Crippen LogP contribution in [-0.2, 0) is 11.2 Å². The maximum absolute atomic E-state index is 13.7. The molecule has 3 aromatic rings. The lowest BCUT2D eigenvalue weighted by atomic mass is 9.84. The molecule has 1 aliphatic carbocycles. The van der Waals surface area contributed by atoms with Gasteiger partial charge < -0.3 is 19.3 Å². The molecule has 0 unspecified atom stereocenters. The van der Waals surface area contributed by atoms with E-state index < -0.39 is 5.82 Å². The number of piperazine rings is 1. The highest BCUT2D eigenvalue weighted by Crippen LogP contribution is 2.31. The van der Waals surface area contributed by atoms with E-state index in [1.54, 1.807) is 12.1 Å². The van der Waals surface area contributed by atoms with Crippen LogP contribution in [0.5, 0.6) is 0 Å². The van der Waals surface area contributed by atoms with Gasteiger partial charge in [0.05, 0.1) is 22.5 Å². The van der Waals surface area contributed by atoms with Gasteiger partial charge in [-0.15, -0.1) is 0 Å². The molecule has 0 atom stereocenters. The monoisotopic (exact) mass is 503 g/mol. The minimum Gasteiger partial charge on any atom is -0.361 e. The van der Waals surface area contributed by atoms with Crippen LogP contribution in [0.15, 0.2) is 27.2 Å². The van der Waals surface area contributed by atoms with Crippen LogP contribution in [-0.4, -0.2) is 59.9 Å². The number of carbonyl (C=O) groups is 1. The van der Waals surface area contributed by atoms with Crippen LogP contribution in [0.3, 0.4) is 0 Å². The van der Waals surface area contributed by atoms with E-state index in [-0.39, 0.29) is 23.4 Å². The molecule has 0 spiro atoms. The largest absolute Gasteiger partial charge is 0.361 e. The Labute approximate surface area is 208 Å². The number of rotatable bonds is 7. The predicted octanol–water partition coefficient (Wildman–Crippen LogP) is 4.35. The third kappa shape index (κ3) is 5.78. The van der Waals surface area contributed by atoms with Gasteiger partial charge >= 0.3 is 0 Å². The van der Waals surface area contributed by atoms with Crippen molar-refractivity contribution in [1.29, 1.82) is 0 Å². The number of benzene rings is 1. The highest BCUT2D eigenvalue weighted by Gasteiger charge is 2.26. The fraction of sp³-hybridized carbons (Fsp3) is 0.560. The summed E-state index contributed by atoms with van der Waals surface area (Å²) in [5.74, 6) is 1.57. The number of nitrogens with zero attached hydrogens (tertiary/aromatic N) is 4. The summed E-state index contributed by atoms with van der Waals surface area (Å²) in [4.78, 5) is 17.0. The SMILES string of the molecule is Cc1cc(CC(=O)N[C@H]2CC[C@H](CCN3CCN(c4noc5cc(F)c(Cl)cc45)CC3)CC2)on1. The number of halogens is 2. The van der Waals surface area contributed by atoms with E-state index in [1.807, 2.05) is 6.92 Å². The van der Waals surface area contributed by atoms with Crippen LogP contribution in [0.25, 0.3) is 11.0 Å². The van der Waals surface area contributed by atoms with Gasteiger partial charge in [-0.2, -0.15) is 0 Å². The molecule has 1 N–H and O–H groups in total. The number of carbonyl (C=O) groups excluding carboxylic acids is 1. The number of aryl methyl sites for hydroxylation is 1. The maximum Gasteiger partial charge on any atom is 0.227 e. The molecule has 35 heavy (non-hydrogen) atoms. The van der Waals surface area contributed by atoms with Gasteiger partial charge in [-0.3, -0.25) is 9.69 Å². The van der Waals surface area contributed by atoms with Crippen molar-refractivity contribution in [1.82, 2.24) is 20.5 Å². The second-order valence-corrected chi connectivity index (χ2v) is 10.2. The van der Waals surface area contributed by atoms with Crippen molar-refractivity contribution in [3.8, 4) is 0 Å². The molecule has 10 heteroatoms. The minimum atomic E-state index is -0.496. The van der Waals surface area contributed by atoms with Gasteiger partial charge in [0, 0.05) is 44.4 Å². The van der Waals surface area contributed by atoms with Crippen molar-refractivity contribution in [3.63, 3.8) is 0 Å². The Hall–Kier alpha value is -2.65. The Morgan fingerprint density at radius 1 is 1.11 bits per heavy atom. The van der Waals surface area contributed by atoms with Gasteiger partial charge in [-0.1, -0.05) is 21.9 Å². The molecule has 1 aliphatic heterocycles. The predicted molar refractivity (Wildman–Crippen MR) is 131 cm³/mol. The maximum atomic E-state index is 13.7. The van der Waals surface area contributed by atoms with Crippen LogP contribution in [0.4, 0.5) is 10.2 Å². The molecule has 1 aromatic carbocycles. The van der Waals surface area contributed by atoms with Crippen molar-refractivity contribution < 1.29 is 18.2 Å². The van der Waals surface area contributed by atoms with E-state index in [4.69, 9.17) is 20.6 Å². The molecule has 1 saturated heterocycles. The average Bonchev–Trinajstić information content (AvgIpc) is 3.44. The van der Waals surface area contributed by atoms with E-state index in [1.165, 1.54) is 12.5 Å². The summed E-state index contributed by atoms with van der Waals surface area (Å²) in [6.07, 6.45) is 5.79. The van der Waals surface area contributed by atoms with Crippen molar-refractivity contribution in [2.24, 2.45) is 5.92 Å². The summed E-state index contributed by atoms with van der Waals surface area (Å²) >= 11 is 5.96. The van der Waals surface area contributed by atoms with E-state index >= 15 is 0 Å². The van der Waals surface area contributed by atoms with E-state index in [0.717, 1.165) is 75.3 Å². The first-order chi connectivity index (χ1) is 16.9. The van der Waals surface area contributed by atoms with Crippen molar-refractivity contribution >= 4 is 34.3 Å². The second kappa shape index (κ2) is 10.5. The van der Waals surface area contributed by atoms with Gasteiger partial charge in [0.2, 0.25) is 5.91 Å². The number of aromatic nitrogens is 2. The number of anilines is 1. The Bertz CT molecular complexity index is 1170. The highest BCUT2D eigenvalue weighted by atomic mass is 35.5. The first-order valence-electron chi connectivity index (χ1n) is 12.4. The summed E-state index contributed by atoms with van der Waals surface area (Å²) in [5, 5.41) is 12.0. The highest BCUT2D eigenvalue weighted by molar-refractivity contribution is 6.31. The number of amides is 1. The van der Waals surface area contributed by atoms with Gasteiger partial charge in [0.25, 0.3) is 0 Å². The molecule has 5 rings (SSSR count). The Kier molecular flexibility index (Phi) is 7.24. The molecule has 2 fully saturated rings. The molecule has 2 aromatic heterocycles. The summed E-state index contributed by atoms with van der Waals surface area (Å²) in [5.41, 5.74) is 1.21. The number of hydrogen-bond donors (Lipinski definition) is 1. The van der Waals surface area contributed by atoms with E-state index in [0.29, 0.717) is 17.3 Å². The molecule has 1 amide bonds. The third-order valence-corrected chi connectivity index (χ3v) is 7.53. The number of hydrogen-bond acceptors (Lipinski definition) is 7. The molecule has 1 saturated carbocycles. The molecular weight excluding hydrogens is 473 g/mol. The molecular formula is C25H31ClFN5O3. The zero-order valence-electron chi connectivity index (χ0n) is 19.9. The molecule has 3 heterocycles. The van der Waals surface area contributed by atoms with Gasteiger partial charge in [0.1, 0.15) is 11.6 Å². The van der Waals surface area contributed by atoms with Crippen molar-refractivity contribution in [2.75, 3.05) is 37.6 Å². The summed E-state index contributed by atoms with van der Waals surface area (Å²) in [7, 11) is 0. The lowest BCUT2D eigenvalue weighted by molar-refractivity contribution is -0.121. The van der Waals surface area contributed by atoms with Crippen molar-refractivity contribution in [2.45, 2.75) is 51.5 Å². The normalized spacial score (nSPS) is 21.5. The average molecular weight is 504 g/mol. The lowest BCUT2D eigenvalue weighted by Gasteiger charge is -2.36.